The molecule has 0 aliphatic heterocycles. The van der Waals surface area contributed by atoms with Crippen molar-refractivity contribution in [3.05, 3.63) is 53.6 Å². The largest absolute Gasteiger partial charge is 0.496 e. The van der Waals surface area contributed by atoms with Crippen LogP contribution in [-0.2, 0) is 0 Å². The van der Waals surface area contributed by atoms with E-state index in [0.29, 0.717) is 11.8 Å². The van der Waals surface area contributed by atoms with Crippen molar-refractivity contribution in [2.45, 2.75) is 39.5 Å². The molecule has 1 heteroatoms. The van der Waals surface area contributed by atoms with E-state index >= 15 is 0 Å². The minimum absolute atomic E-state index is 0.489. The zero-order chi connectivity index (χ0) is 14.7. The van der Waals surface area contributed by atoms with E-state index in [4.69, 9.17) is 4.74 Å². The lowest BCUT2D eigenvalue weighted by Gasteiger charge is -2.20. The van der Waals surface area contributed by atoms with Crippen molar-refractivity contribution in [3.8, 4) is 16.9 Å². The van der Waals surface area contributed by atoms with Gasteiger partial charge < -0.3 is 4.74 Å². The van der Waals surface area contributed by atoms with Crippen LogP contribution in [0.4, 0.5) is 0 Å². The molecular formula is C19H23O. The highest BCUT2D eigenvalue weighted by molar-refractivity contribution is 5.70. The molecule has 0 aliphatic rings. The maximum absolute atomic E-state index is 5.30. The van der Waals surface area contributed by atoms with E-state index in [2.05, 4.69) is 58.0 Å². The highest BCUT2D eigenvalue weighted by Gasteiger charge is 2.15. The third-order valence-electron chi connectivity index (χ3n) is 3.62. The third kappa shape index (κ3) is 2.87. The smallest absolute Gasteiger partial charge is 0.127 e. The lowest BCUT2D eigenvalue weighted by molar-refractivity contribution is 0.414. The summed E-state index contributed by atoms with van der Waals surface area (Å²) >= 11 is 0. The molecule has 0 heterocycles. The molecular weight excluding hydrogens is 244 g/mol. The average molecular weight is 267 g/mol. The third-order valence-corrected chi connectivity index (χ3v) is 3.62. The fourth-order valence-corrected chi connectivity index (χ4v) is 2.69. The van der Waals surface area contributed by atoms with Crippen LogP contribution < -0.4 is 4.74 Å². The van der Waals surface area contributed by atoms with Gasteiger partial charge in [0.25, 0.3) is 0 Å². The van der Waals surface area contributed by atoms with E-state index in [9.17, 15) is 0 Å². The molecule has 0 amide bonds. The first kappa shape index (κ1) is 14.6. The van der Waals surface area contributed by atoms with Crippen LogP contribution >= 0.6 is 0 Å². The number of rotatable bonds is 4. The standard InChI is InChI=1S/C19H23O/c1-13(2)17-10-7-11-18(19(17)14(3)4)15-8-6-9-16(12-15)20-5/h6-11,13-14H,1-5H3. The zero-order valence-electron chi connectivity index (χ0n) is 13.0. The molecule has 0 atom stereocenters. The van der Waals surface area contributed by atoms with Gasteiger partial charge in [-0.05, 0) is 40.2 Å². The highest BCUT2D eigenvalue weighted by Crippen LogP contribution is 2.35. The summed E-state index contributed by atoms with van der Waals surface area (Å²) in [5.41, 5.74) is 5.22. The number of methoxy groups -OCH3 is 1. The molecule has 0 aromatic heterocycles. The molecule has 2 rings (SSSR count). The molecule has 1 nitrogen and oxygen atoms in total. The van der Waals surface area contributed by atoms with Gasteiger partial charge >= 0.3 is 0 Å². The van der Waals surface area contributed by atoms with E-state index in [1.54, 1.807) is 7.11 Å². The van der Waals surface area contributed by atoms with Crippen molar-refractivity contribution < 1.29 is 4.74 Å². The lowest BCUT2D eigenvalue weighted by Crippen LogP contribution is -2.01. The van der Waals surface area contributed by atoms with Crippen LogP contribution in [0.2, 0.25) is 0 Å². The Hall–Kier alpha value is -1.76. The fraction of sp³-hybridized carbons (Fsp3) is 0.368. The van der Waals surface area contributed by atoms with Crippen LogP contribution in [0.5, 0.6) is 5.75 Å². The van der Waals surface area contributed by atoms with E-state index < -0.39 is 0 Å². The number of benzene rings is 2. The van der Waals surface area contributed by atoms with Gasteiger partial charge in [-0.3, -0.25) is 0 Å². The summed E-state index contributed by atoms with van der Waals surface area (Å²) in [5.74, 6) is 1.80. The second kappa shape index (κ2) is 6.13. The maximum atomic E-state index is 5.30. The maximum Gasteiger partial charge on any atom is 0.127 e. The van der Waals surface area contributed by atoms with Crippen molar-refractivity contribution >= 4 is 0 Å². The van der Waals surface area contributed by atoms with Crippen molar-refractivity contribution in [2.24, 2.45) is 0 Å². The first-order chi connectivity index (χ1) is 9.54. The number of hydrogen-bond donors (Lipinski definition) is 0. The summed E-state index contributed by atoms with van der Waals surface area (Å²) in [6.07, 6.45) is 0. The fourth-order valence-electron chi connectivity index (χ4n) is 2.69. The predicted octanol–water partition coefficient (Wildman–Crippen LogP) is 5.41. The zero-order valence-corrected chi connectivity index (χ0v) is 13.0. The molecule has 20 heavy (non-hydrogen) atoms. The SMILES string of the molecule is COc1[c]c(-c2cccc(C(C)C)c2C(C)C)ccc1. The Labute approximate surface area is 122 Å². The van der Waals surface area contributed by atoms with E-state index in [1.807, 2.05) is 12.1 Å². The quantitative estimate of drug-likeness (QED) is 0.719. The van der Waals surface area contributed by atoms with Gasteiger partial charge in [0.2, 0.25) is 0 Å². The second-order valence-electron chi connectivity index (χ2n) is 5.75. The van der Waals surface area contributed by atoms with Gasteiger partial charge in [0.05, 0.1) is 7.11 Å². The van der Waals surface area contributed by atoms with Gasteiger partial charge in [0.15, 0.2) is 0 Å². The van der Waals surface area contributed by atoms with Gasteiger partial charge in [-0.25, -0.2) is 0 Å². The molecule has 0 saturated carbocycles. The van der Waals surface area contributed by atoms with Crippen LogP contribution in [0, 0.1) is 6.07 Å². The van der Waals surface area contributed by atoms with Crippen LogP contribution in [-0.4, -0.2) is 7.11 Å². The molecule has 2 aromatic carbocycles. The Bertz CT molecular complexity index is 582. The molecule has 0 unspecified atom stereocenters. The highest BCUT2D eigenvalue weighted by atomic mass is 16.5. The van der Waals surface area contributed by atoms with Crippen molar-refractivity contribution in [2.75, 3.05) is 7.11 Å². The Morgan fingerprint density at radius 3 is 2.20 bits per heavy atom. The summed E-state index contributed by atoms with van der Waals surface area (Å²) in [7, 11) is 1.68. The van der Waals surface area contributed by atoms with Crippen LogP contribution in [0.1, 0.15) is 50.7 Å². The molecule has 0 fully saturated rings. The topological polar surface area (TPSA) is 9.23 Å². The van der Waals surface area contributed by atoms with Crippen molar-refractivity contribution in [3.63, 3.8) is 0 Å². The van der Waals surface area contributed by atoms with Gasteiger partial charge in [-0.2, -0.15) is 0 Å². The minimum atomic E-state index is 0.489. The Kier molecular flexibility index (Phi) is 4.49. The first-order valence-corrected chi connectivity index (χ1v) is 7.24. The van der Waals surface area contributed by atoms with Gasteiger partial charge in [-0.15, -0.1) is 0 Å². The van der Waals surface area contributed by atoms with Gasteiger partial charge in [0, 0.05) is 6.07 Å². The summed E-state index contributed by atoms with van der Waals surface area (Å²) in [6, 6.07) is 16.0. The molecule has 1 radical (unpaired) electrons. The van der Waals surface area contributed by atoms with Crippen LogP contribution in [0.25, 0.3) is 11.1 Å². The molecule has 105 valence electrons. The molecule has 2 aromatic rings. The van der Waals surface area contributed by atoms with Gasteiger partial charge in [-0.1, -0.05) is 58.0 Å². The van der Waals surface area contributed by atoms with E-state index in [1.165, 1.54) is 16.7 Å². The van der Waals surface area contributed by atoms with Gasteiger partial charge in [0.1, 0.15) is 5.75 Å². The number of ether oxygens (including phenoxy) is 1. The summed E-state index contributed by atoms with van der Waals surface area (Å²) in [4.78, 5) is 0. The molecule has 0 bridgehead atoms. The number of hydrogen-bond acceptors (Lipinski definition) is 1. The molecule has 0 aliphatic carbocycles. The van der Waals surface area contributed by atoms with Crippen LogP contribution in [0.3, 0.4) is 0 Å². The minimum Gasteiger partial charge on any atom is -0.496 e. The molecule has 0 N–H and O–H groups in total. The predicted molar refractivity (Wildman–Crippen MR) is 85.4 cm³/mol. The first-order valence-electron chi connectivity index (χ1n) is 7.24. The Balaban J connectivity index is 2.63. The summed E-state index contributed by atoms with van der Waals surface area (Å²) in [6.45, 7) is 9.01. The summed E-state index contributed by atoms with van der Waals surface area (Å²) < 4.78 is 5.30. The Morgan fingerprint density at radius 2 is 1.60 bits per heavy atom. The van der Waals surface area contributed by atoms with Crippen LogP contribution in [0.15, 0.2) is 36.4 Å². The molecule has 0 spiro atoms. The average Bonchev–Trinajstić information content (AvgIpc) is 2.46. The normalized spacial score (nSPS) is 11.2. The van der Waals surface area contributed by atoms with Crippen molar-refractivity contribution in [1.82, 2.24) is 0 Å². The monoisotopic (exact) mass is 267 g/mol. The summed E-state index contributed by atoms with van der Waals surface area (Å²) in [5, 5.41) is 0. The van der Waals surface area contributed by atoms with E-state index in [-0.39, 0.29) is 0 Å². The molecule has 0 saturated heterocycles. The second-order valence-corrected chi connectivity index (χ2v) is 5.75. The van der Waals surface area contributed by atoms with Crippen molar-refractivity contribution in [1.29, 1.82) is 0 Å². The lowest BCUT2D eigenvalue weighted by atomic mass is 9.84. The van der Waals surface area contributed by atoms with E-state index in [0.717, 1.165) is 11.3 Å². The Morgan fingerprint density at radius 1 is 0.900 bits per heavy atom.